The number of hydrogen-bond acceptors (Lipinski definition) is 3. The van der Waals surface area contributed by atoms with Crippen LogP contribution in [-0.4, -0.2) is 17.0 Å². The number of rotatable bonds is 4. The van der Waals surface area contributed by atoms with Gasteiger partial charge in [0.05, 0.1) is 0 Å². The van der Waals surface area contributed by atoms with Crippen LogP contribution < -0.4 is 5.32 Å². The summed E-state index contributed by atoms with van der Waals surface area (Å²) in [5.41, 5.74) is 4.71. The van der Waals surface area contributed by atoms with Crippen LogP contribution in [0.3, 0.4) is 0 Å². The fraction of sp³-hybridized carbons (Fsp3) is 0.333. The zero-order valence-electron chi connectivity index (χ0n) is 11.1. The molecule has 0 fully saturated rings. The Bertz CT molecular complexity index is 508. The van der Waals surface area contributed by atoms with Crippen molar-refractivity contribution in [2.24, 2.45) is 0 Å². The van der Waals surface area contributed by atoms with Crippen LogP contribution in [0.15, 0.2) is 36.7 Å². The fourth-order valence-electron chi connectivity index (χ4n) is 2.19. The molecule has 2 aromatic rings. The summed E-state index contributed by atoms with van der Waals surface area (Å²) in [6.07, 6.45) is 4.62. The first-order valence-corrected chi connectivity index (χ1v) is 6.21. The standard InChI is InChI=1S/C15H19N3/c1-11-4-5-14(12(2)18-11)15(16-3)10-13-6-8-17-9-7-13/h4-9,15-16H,10H2,1-3H3. The van der Waals surface area contributed by atoms with Gasteiger partial charge in [0.25, 0.3) is 0 Å². The molecule has 0 aliphatic carbocycles. The minimum absolute atomic E-state index is 0.292. The van der Waals surface area contributed by atoms with Gasteiger partial charge in [0, 0.05) is 29.8 Å². The molecule has 2 aromatic heterocycles. The zero-order valence-corrected chi connectivity index (χ0v) is 11.1. The second-order valence-corrected chi connectivity index (χ2v) is 4.53. The van der Waals surface area contributed by atoms with Crippen molar-refractivity contribution in [3.63, 3.8) is 0 Å². The summed E-state index contributed by atoms with van der Waals surface area (Å²) in [6, 6.07) is 8.64. The smallest absolute Gasteiger partial charge is 0.0423 e. The lowest BCUT2D eigenvalue weighted by Gasteiger charge is -2.18. The van der Waals surface area contributed by atoms with Crippen LogP contribution in [0.1, 0.15) is 28.6 Å². The molecule has 94 valence electrons. The molecular formula is C15H19N3. The molecule has 0 aliphatic heterocycles. The molecule has 1 atom stereocenters. The molecule has 0 aromatic carbocycles. The predicted molar refractivity (Wildman–Crippen MR) is 73.5 cm³/mol. The topological polar surface area (TPSA) is 37.8 Å². The van der Waals surface area contributed by atoms with Crippen LogP contribution in [0.4, 0.5) is 0 Å². The van der Waals surface area contributed by atoms with Crippen molar-refractivity contribution in [1.29, 1.82) is 0 Å². The van der Waals surface area contributed by atoms with Crippen molar-refractivity contribution in [2.45, 2.75) is 26.3 Å². The molecule has 0 bridgehead atoms. The van der Waals surface area contributed by atoms with Gasteiger partial charge in [-0.15, -0.1) is 0 Å². The largest absolute Gasteiger partial charge is 0.313 e. The maximum absolute atomic E-state index is 4.53. The normalized spacial score (nSPS) is 12.4. The molecule has 0 aliphatic rings. The van der Waals surface area contributed by atoms with E-state index in [0.29, 0.717) is 6.04 Å². The average molecular weight is 241 g/mol. The minimum atomic E-state index is 0.292. The summed E-state index contributed by atoms with van der Waals surface area (Å²) in [5, 5.41) is 3.37. The van der Waals surface area contributed by atoms with Gasteiger partial charge < -0.3 is 5.32 Å². The average Bonchev–Trinajstić information content (AvgIpc) is 2.38. The summed E-state index contributed by atoms with van der Waals surface area (Å²) in [6.45, 7) is 4.09. The number of aromatic nitrogens is 2. The van der Waals surface area contributed by atoms with E-state index in [0.717, 1.165) is 17.8 Å². The highest BCUT2D eigenvalue weighted by atomic mass is 14.9. The third kappa shape index (κ3) is 2.93. The Morgan fingerprint density at radius 1 is 1.11 bits per heavy atom. The van der Waals surface area contributed by atoms with Crippen molar-refractivity contribution >= 4 is 0 Å². The monoisotopic (exact) mass is 241 g/mol. The molecule has 0 saturated heterocycles. The molecule has 18 heavy (non-hydrogen) atoms. The van der Waals surface area contributed by atoms with Crippen LogP contribution in [0.25, 0.3) is 0 Å². The fourth-order valence-corrected chi connectivity index (χ4v) is 2.19. The molecule has 0 amide bonds. The van der Waals surface area contributed by atoms with Gasteiger partial charge in [0.15, 0.2) is 0 Å². The van der Waals surface area contributed by atoms with Gasteiger partial charge in [-0.05, 0) is 56.6 Å². The van der Waals surface area contributed by atoms with E-state index in [1.54, 1.807) is 0 Å². The third-order valence-corrected chi connectivity index (χ3v) is 3.18. The lowest BCUT2D eigenvalue weighted by Crippen LogP contribution is -2.20. The number of pyridine rings is 2. The molecular weight excluding hydrogens is 222 g/mol. The first-order chi connectivity index (χ1) is 8.70. The van der Waals surface area contributed by atoms with Crippen molar-refractivity contribution < 1.29 is 0 Å². The summed E-state index contributed by atoms with van der Waals surface area (Å²) < 4.78 is 0. The second-order valence-electron chi connectivity index (χ2n) is 4.53. The van der Waals surface area contributed by atoms with E-state index in [4.69, 9.17) is 0 Å². The van der Waals surface area contributed by atoms with Crippen molar-refractivity contribution in [2.75, 3.05) is 7.05 Å². The SMILES string of the molecule is CNC(Cc1ccncc1)c1ccc(C)nc1C. The van der Waals surface area contributed by atoms with E-state index in [1.165, 1.54) is 11.1 Å². The Labute approximate surface area is 108 Å². The van der Waals surface area contributed by atoms with Crippen LogP contribution in [-0.2, 0) is 6.42 Å². The van der Waals surface area contributed by atoms with Crippen LogP contribution >= 0.6 is 0 Å². The number of nitrogens with zero attached hydrogens (tertiary/aromatic N) is 2. The van der Waals surface area contributed by atoms with E-state index < -0.39 is 0 Å². The van der Waals surface area contributed by atoms with Crippen LogP contribution in [0.5, 0.6) is 0 Å². The van der Waals surface area contributed by atoms with Gasteiger partial charge >= 0.3 is 0 Å². The molecule has 0 radical (unpaired) electrons. The Hall–Kier alpha value is -1.74. The van der Waals surface area contributed by atoms with Gasteiger partial charge in [-0.25, -0.2) is 0 Å². The first-order valence-electron chi connectivity index (χ1n) is 6.21. The Morgan fingerprint density at radius 2 is 1.83 bits per heavy atom. The van der Waals surface area contributed by atoms with E-state index in [-0.39, 0.29) is 0 Å². The van der Waals surface area contributed by atoms with Crippen molar-refractivity contribution in [1.82, 2.24) is 15.3 Å². The highest BCUT2D eigenvalue weighted by molar-refractivity contribution is 5.27. The second kappa shape index (κ2) is 5.74. The number of aryl methyl sites for hydroxylation is 2. The summed E-state index contributed by atoms with van der Waals surface area (Å²) in [5.74, 6) is 0. The zero-order chi connectivity index (χ0) is 13.0. The molecule has 1 unspecified atom stereocenters. The first kappa shape index (κ1) is 12.7. The Balaban J connectivity index is 2.23. The quantitative estimate of drug-likeness (QED) is 0.894. The Morgan fingerprint density at radius 3 is 2.44 bits per heavy atom. The molecule has 0 saturated carbocycles. The predicted octanol–water partition coefficient (Wildman–Crippen LogP) is 2.60. The Kier molecular flexibility index (Phi) is 4.05. The molecule has 2 rings (SSSR count). The maximum Gasteiger partial charge on any atom is 0.0423 e. The number of hydrogen-bond donors (Lipinski definition) is 1. The van der Waals surface area contributed by atoms with Crippen LogP contribution in [0.2, 0.25) is 0 Å². The highest BCUT2D eigenvalue weighted by Gasteiger charge is 2.13. The number of nitrogens with one attached hydrogen (secondary N) is 1. The van der Waals surface area contributed by atoms with E-state index in [1.807, 2.05) is 26.4 Å². The lowest BCUT2D eigenvalue weighted by atomic mass is 9.98. The molecule has 2 heterocycles. The minimum Gasteiger partial charge on any atom is -0.313 e. The third-order valence-electron chi connectivity index (χ3n) is 3.18. The molecule has 3 heteroatoms. The lowest BCUT2D eigenvalue weighted by molar-refractivity contribution is 0.585. The van der Waals surface area contributed by atoms with Gasteiger partial charge in [-0.2, -0.15) is 0 Å². The maximum atomic E-state index is 4.53. The van der Waals surface area contributed by atoms with E-state index in [9.17, 15) is 0 Å². The van der Waals surface area contributed by atoms with Gasteiger partial charge in [-0.1, -0.05) is 6.07 Å². The molecule has 1 N–H and O–H groups in total. The van der Waals surface area contributed by atoms with Crippen LogP contribution in [0, 0.1) is 13.8 Å². The number of likely N-dealkylation sites (N-methyl/N-ethyl adjacent to an activating group) is 1. The summed E-state index contributed by atoms with van der Waals surface area (Å²) >= 11 is 0. The highest BCUT2D eigenvalue weighted by Crippen LogP contribution is 2.20. The van der Waals surface area contributed by atoms with Gasteiger partial charge in [0.1, 0.15) is 0 Å². The molecule has 0 spiro atoms. The van der Waals surface area contributed by atoms with Crippen molar-refractivity contribution in [3.05, 3.63) is 59.2 Å². The molecule has 3 nitrogen and oxygen atoms in total. The van der Waals surface area contributed by atoms with E-state index >= 15 is 0 Å². The van der Waals surface area contributed by atoms with Gasteiger partial charge in [0.2, 0.25) is 0 Å². The summed E-state index contributed by atoms with van der Waals surface area (Å²) in [7, 11) is 1.99. The summed E-state index contributed by atoms with van der Waals surface area (Å²) in [4.78, 5) is 8.58. The van der Waals surface area contributed by atoms with Crippen molar-refractivity contribution in [3.8, 4) is 0 Å². The van der Waals surface area contributed by atoms with Gasteiger partial charge in [-0.3, -0.25) is 9.97 Å². The van der Waals surface area contributed by atoms with E-state index in [2.05, 4.69) is 46.5 Å².